The van der Waals surface area contributed by atoms with E-state index < -0.39 is 72.7 Å². The van der Waals surface area contributed by atoms with Gasteiger partial charge in [-0.1, -0.05) is 6.92 Å². The van der Waals surface area contributed by atoms with E-state index in [1.54, 1.807) is 0 Å². The molecule has 0 aromatic heterocycles. The smallest absolute Gasteiger partial charge is 0.187 e. The van der Waals surface area contributed by atoms with Crippen molar-refractivity contribution >= 4 is 0 Å². The van der Waals surface area contributed by atoms with Crippen molar-refractivity contribution < 1.29 is 52.5 Å². The molecule has 0 saturated carbocycles. The molecule has 35 heavy (non-hydrogen) atoms. The summed E-state index contributed by atoms with van der Waals surface area (Å²) in [5.41, 5.74) is 0. The van der Waals surface area contributed by atoms with Gasteiger partial charge in [-0.15, -0.1) is 0 Å². The molecule has 0 aliphatic carbocycles. The fraction of sp³-hybridized carbons (Fsp3) is 1.00. The Kier molecular flexibility index (Phi) is 7.91. The normalized spacial score (nSPS) is 42.9. The standard InChI is InChI=1S/C24H42O11/c1-10-12-16-17(33-23(4,5)32-16)14(25)20(29-12)30-15(13-11-28-22(2,3)31-13)18-19(21(26-8)27-9)35-24(6,7)34-18/h12-21,25H,10-11H2,1-9H3. The third-order valence-corrected chi connectivity index (χ3v) is 6.77. The molecule has 4 rings (SSSR count). The van der Waals surface area contributed by atoms with Crippen molar-refractivity contribution in [2.75, 3.05) is 20.8 Å². The fourth-order valence-corrected chi connectivity index (χ4v) is 5.35. The maximum absolute atomic E-state index is 11.2. The van der Waals surface area contributed by atoms with Gasteiger partial charge >= 0.3 is 0 Å². The van der Waals surface area contributed by atoms with Crippen molar-refractivity contribution in [3.05, 3.63) is 0 Å². The Morgan fingerprint density at radius 3 is 2.00 bits per heavy atom. The largest absolute Gasteiger partial charge is 0.385 e. The molecular formula is C24H42O11. The van der Waals surface area contributed by atoms with Crippen molar-refractivity contribution in [1.29, 1.82) is 0 Å². The number of aliphatic hydroxyl groups excluding tert-OH is 1. The summed E-state index contributed by atoms with van der Waals surface area (Å²) in [5, 5.41) is 11.2. The molecule has 0 radical (unpaired) electrons. The molecule has 0 bridgehead atoms. The summed E-state index contributed by atoms with van der Waals surface area (Å²) in [6, 6.07) is 0. The summed E-state index contributed by atoms with van der Waals surface area (Å²) in [7, 11) is 3.07. The van der Waals surface area contributed by atoms with Crippen LogP contribution < -0.4 is 0 Å². The molecule has 4 aliphatic heterocycles. The number of aliphatic hydroxyl groups is 1. The quantitative estimate of drug-likeness (QED) is 0.485. The van der Waals surface area contributed by atoms with E-state index in [1.165, 1.54) is 14.2 Å². The van der Waals surface area contributed by atoms with Gasteiger partial charge in [0.25, 0.3) is 0 Å². The Hall–Kier alpha value is -0.440. The average Bonchev–Trinajstić information content (AvgIpc) is 3.40. The maximum atomic E-state index is 11.2. The predicted molar refractivity (Wildman–Crippen MR) is 120 cm³/mol. The van der Waals surface area contributed by atoms with E-state index in [4.69, 9.17) is 47.4 Å². The predicted octanol–water partition coefficient (Wildman–Crippen LogP) is 1.68. The van der Waals surface area contributed by atoms with Gasteiger partial charge in [0.1, 0.15) is 42.7 Å². The number of hydrogen-bond acceptors (Lipinski definition) is 11. The Bertz CT molecular complexity index is 724. The second-order valence-corrected chi connectivity index (χ2v) is 10.9. The zero-order chi connectivity index (χ0) is 25.8. The number of fused-ring (bicyclic) bond motifs is 1. The first-order chi connectivity index (χ1) is 16.3. The van der Waals surface area contributed by atoms with Crippen LogP contribution in [0, 0.1) is 0 Å². The van der Waals surface area contributed by atoms with Crippen molar-refractivity contribution in [2.24, 2.45) is 0 Å². The van der Waals surface area contributed by atoms with Crippen LogP contribution in [-0.4, -0.2) is 105 Å². The van der Waals surface area contributed by atoms with E-state index in [0.29, 0.717) is 6.42 Å². The van der Waals surface area contributed by atoms with Crippen LogP contribution in [0.5, 0.6) is 0 Å². The van der Waals surface area contributed by atoms with Crippen LogP contribution in [0.4, 0.5) is 0 Å². The van der Waals surface area contributed by atoms with Gasteiger partial charge in [-0.25, -0.2) is 0 Å². The zero-order valence-electron chi connectivity index (χ0n) is 22.2. The van der Waals surface area contributed by atoms with Crippen LogP contribution in [0.25, 0.3) is 0 Å². The van der Waals surface area contributed by atoms with Crippen molar-refractivity contribution in [3.63, 3.8) is 0 Å². The summed E-state index contributed by atoms with van der Waals surface area (Å²) in [6.07, 6.45) is -6.13. The minimum absolute atomic E-state index is 0.258. The van der Waals surface area contributed by atoms with Crippen LogP contribution in [-0.2, 0) is 47.4 Å². The number of ether oxygens (including phenoxy) is 10. The number of hydrogen-bond donors (Lipinski definition) is 1. The summed E-state index contributed by atoms with van der Waals surface area (Å²) in [6.45, 7) is 13.2. The number of rotatable bonds is 8. The average molecular weight is 507 g/mol. The first kappa shape index (κ1) is 27.6. The van der Waals surface area contributed by atoms with Gasteiger partial charge in [0.15, 0.2) is 29.9 Å². The molecule has 9 unspecified atom stereocenters. The van der Waals surface area contributed by atoms with Crippen LogP contribution in [0.1, 0.15) is 54.9 Å². The first-order valence-electron chi connectivity index (χ1n) is 12.4. The molecule has 0 aromatic rings. The molecule has 1 N–H and O–H groups in total. The van der Waals surface area contributed by atoms with Gasteiger partial charge in [-0.2, -0.15) is 0 Å². The lowest BCUT2D eigenvalue weighted by Gasteiger charge is -2.42. The molecule has 204 valence electrons. The van der Waals surface area contributed by atoms with Gasteiger partial charge in [-0.05, 0) is 48.0 Å². The van der Waals surface area contributed by atoms with Gasteiger partial charge < -0.3 is 52.5 Å². The summed E-state index contributed by atoms with van der Waals surface area (Å²) >= 11 is 0. The third-order valence-electron chi connectivity index (χ3n) is 6.77. The Morgan fingerprint density at radius 1 is 0.829 bits per heavy atom. The van der Waals surface area contributed by atoms with Gasteiger partial charge in [0, 0.05) is 14.2 Å². The summed E-state index contributed by atoms with van der Waals surface area (Å²) in [5.74, 6) is -2.58. The highest BCUT2D eigenvalue weighted by Gasteiger charge is 2.58. The van der Waals surface area contributed by atoms with Crippen LogP contribution >= 0.6 is 0 Å². The van der Waals surface area contributed by atoms with E-state index in [-0.39, 0.29) is 12.7 Å². The lowest BCUT2D eigenvalue weighted by Crippen LogP contribution is -2.60. The topological polar surface area (TPSA) is 113 Å². The molecule has 4 aliphatic rings. The molecule has 9 atom stereocenters. The zero-order valence-corrected chi connectivity index (χ0v) is 22.2. The summed E-state index contributed by atoms with van der Waals surface area (Å²) < 4.78 is 60.3. The lowest BCUT2D eigenvalue weighted by atomic mass is 9.97. The molecule has 0 spiro atoms. The highest BCUT2D eigenvalue weighted by Crippen LogP contribution is 2.42. The van der Waals surface area contributed by atoms with E-state index in [2.05, 4.69) is 0 Å². The molecule has 4 fully saturated rings. The molecule has 4 saturated heterocycles. The van der Waals surface area contributed by atoms with E-state index >= 15 is 0 Å². The maximum Gasteiger partial charge on any atom is 0.187 e. The third kappa shape index (κ3) is 5.70. The molecule has 4 heterocycles. The monoisotopic (exact) mass is 506 g/mol. The lowest BCUT2D eigenvalue weighted by molar-refractivity contribution is -0.312. The van der Waals surface area contributed by atoms with E-state index in [9.17, 15) is 5.11 Å². The molecular weight excluding hydrogens is 464 g/mol. The van der Waals surface area contributed by atoms with Gasteiger partial charge in [-0.3, -0.25) is 0 Å². The van der Waals surface area contributed by atoms with E-state index in [0.717, 1.165) is 0 Å². The molecule has 11 nitrogen and oxygen atoms in total. The van der Waals surface area contributed by atoms with Gasteiger partial charge in [0.05, 0.1) is 12.7 Å². The Morgan fingerprint density at radius 2 is 1.43 bits per heavy atom. The second kappa shape index (κ2) is 10.0. The highest BCUT2D eigenvalue weighted by atomic mass is 16.8. The molecule has 0 aromatic carbocycles. The van der Waals surface area contributed by atoms with Crippen LogP contribution in [0.2, 0.25) is 0 Å². The highest BCUT2D eigenvalue weighted by molar-refractivity contribution is 4.99. The first-order valence-corrected chi connectivity index (χ1v) is 12.4. The summed E-state index contributed by atoms with van der Waals surface area (Å²) in [4.78, 5) is 0. The van der Waals surface area contributed by atoms with Crippen molar-refractivity contribution in [3.8, 4) is 0 Å². The van der Waals surface area contributed by atoms with Gasteiger partial charge in [0.2, 0.25) is 0 Å². The van der Waals surface area contributed by atoms with E-state index in [1.807, 2.05) is 48.5 Å². The fourth-order valence-electron chi connectivity index (χ4n) is 5.35. The SMILES string of the molecule is CCC1OC(OC(C2COC(C)(C)O2)C2OC(C)(C)OC2C(OC)OC)C(O)C2OC(C)(C)OC12. The minimum Gasteiger partial charge on any atom is -0.385 e. The molecule has 11 heteroatoms. The van der Waals surface area contributed by atoms with Crippen LogP contribution in [0.15, 0.2) is 0 Å². The Labute approximate surface area is 207 Å². The number of methoxy groups -OCH3 is 2. The minimum atomic E-state index is -1.10. The Balaban J connectivity index is 1.62. The molecule has 0 amide bonds. The van der Waals surface area contributed by atoms with Crippen molar-refractivity contribution in [1.82, 2.24) is 0 Å². The van der Waals surface area contributed by atoms with Crippen molar-refractivity contribution in [2.45, 2.75) is 134 Å². The van der Waals surface area contributed by atoms with Crippen LogP contribution in [0.3, 0.4) is 0 Å². The second-order valence-electron chi connectivity index (χ2n) is 10.9.